The number of ether oxygens (including phenoxy) is 2. The molecule has 5 nitrogen and oxygen atoms in total. The topological polar surface area (TPSA) is 53.4 Å². The zero-order valence-corrected chi connectivity index (χ0v) is 17.9. The SMILES string of the molecule is COc1ccc(-n2c(SCc3ccccc3C)nc3ccccc3c2=O)c(OC)c1. The van der Waals surface area contributed by atoms with Gasteiger partial charge in [0, 0.05) is 11.8 Å². The van der Waals surface area contributed by atoms with Gasteiger partial charge in [-0.2, -0.15) is 0 Å². The van der Waals surface area contributed by atoms with Crippen molar-refractivity contribution >= 4 is 22.7 Å². The van der Waals surface area contributed by atoms with Gasteiger partial charge in [0.05, 0.1) is 30.8 Å². The Morgan fingerprint density at radius 2 is 1.73 bits per heavy atom. The van der Waals surface area contributed by atoms with Crippen molar-refractivity contribution in [3.8, 4) is 17.2 Å². The van der Waals surface area contributed by atoms with Crippen molar-refractivity contribution in [3.63, 3.8) is 0 Å². The van der Waals surface area contributed by atoms with E-state index in [0.29, 0.717) is 39.0 Å². The first kappa shape index (κ1) is 20.0. The average molecular weight is 419 g/mol. The van der Waals surface area contributed by atoms with E-state index in [4.69, 9.17) is 14.5 Å². The number of thioether (sulfide) groups is 1. The molecule has 0 N–H and O–H groups in total. The van der Waals surface area contributed by atoms with Crippen molar-refractivity contribution in [3.05, 3.63) is 88.2 Å². The molecule has 0 fully saturated rings. The average Bonchev–Trinajstić information content (AvgIpc) is 2.78. The van der Waals surface area contributed by atoms with Gasteiger partial charge in [0.25, 0.3) is 5.56 Å². The lowest BCUT2D eigenvalue weighted by molar-refractivity contribution is 0.392. The summed E-state index contributed by atoms with van der Waals surface area (Å²) in [6.07, 6.45) is 0. The van der Waals surface area contributed by atoms with E-state index >= 15 is 0 Å². The number of benzene rings is 3. The molecule has 0 aliphatic rings. The second-order valence-electron chi connectivity index (χ2n) is 6.81. The molecule has 152 valence electrons. The number of rotatable bonds is 6. The molecule has 0 aliphatic carbocycles. The first-order chi connectivity index (χ1) is 14.6. The van der Waals surface area contributed by atoms with E-state index in [-0.39, 0.29) is 5.56 Å². The number of hydrogen-bond donors (Lipinski definition) is 0. The molecule has 1 aromatic heterocycles. The maximum atomic E-state index is 13.5. The zero-order valence-electron chi connectivity index (χ0n) is 17.1. The number of hydrogen-bond acceptors (Lipinski definition) is 5. The Morgan fingerprint density at radius 1 is 0.967 bits per heavy atom. The maximum absolute atomic E-state index is 13.5. The highest BCUT2D eigenvalue weighted by atomic mass is 32.2. The van der Waals surface area contributed by atoms with E-state index in [0.717, 1.165) is 0 Å². The van der Waals surface area contributed by atoms with Gasteiger partial charge >= 0.3 is 0 Å². The lowest BCUT2D eigenvalue weighted by atomic mass is 10.1. The third-order valence-corrected chi connectivity index (χ3v) is 5.98. The Morgan fingerprint density at radius 3 is 2.50 bits per heavy atom. The van der Waals surface area contributed by atoms with Crippen LogP contribution in [0.5, 0.6) is 11.5 Å². The second-order valence-corrected chi connectivity index (χ2v) is 7.75. The molecular formula is C24H22N2O3S. The van der Waals surface area contributed by atoms with Gasteiger partial charge in [-0.15, -0.1) is 0 Å². The van der Waals surface area contributed by atoms with Crippen molar-refractivity contribution in [2.75, 3.05) is 14.2 Å². The highest BCUT2D eigenvalue weighted by molar-refractivity contribution is 7.98. The van der Waals surface area contributed by atoms with Gasteiger partial charge in [-0.25, -0.2) is 4.98 Å². The van der Waals surface area contributed by atoms with E-state index in [9.17, 15) is 4.79 Å². The number of aromatic nitrogens is 2. The summed E-state index contributed by atoms with van der Waals surface area (Å²) in [5.74, 6) is 1.91. The van der Waals surface area contributed by atoms with Crippen LogP contribution in [0.15, 0.2) is 76.7 Å². The molecule has 0 radical (unpaired) electrons. The third kappa shape index (κ3) is 3.78. The van der Waals surface area contributed by atoms with E-state index in [1.54, 1.807) is 30.9 Å². The van der Waals surface area contributed by atoms with Gasteiger partial charge in [-0.1, -0.05) is 48.2 Å². The number of para-hydroxylation sites is 1. The van der Waals surface area contributed by atoms with Crippen LogP contribution in [0.3, 0.4) is 0 Å². The van der Waals surface area contributed by atoms with Crippen LogP contribution in [-0.4, -0.2) is 23.8 Å². The van der Waals surface area contributed by atoms with Gasteiger partial charge in [0.2, 0.25) is 0 Å². The fraction of sp³-hybridized carbons (Fsp3) is 0.167. The molecular weight excluding hydrogens is 396 g/mol. The van der Waals surface area contributed by atoms with Crippen molar-refractivity contribution in [2.45, 2.75) is 17.8 Å². The first-order valence-electron chi connectivity index (χ1n) is 9.54. The Balaban J connectivity index is 1.89. The summed E-state index contributed by atoms with van der Waals surface area (Å²) in [7, 11) is 3.18. The minimum atomic E-state index is -0.128. The fourth-order valence-corrected chi connectivity index (χ4v) is 4.39. The van der Waals surface area contributed by atoms with Gasteiger partial charge in [-0.05, 0) is 42.3 Å². The fourth-order valence-electron chi connectivity index (χ4n) is 3.31. The molecule has 0 saturated carbocycles. The highest BCUT2D eigenvalue weighted by Gasteiger charge is 2.17. The Bertz CT molecular complexity index is 1270. The van der Waals surface area contributed by atoms with Crippen LogP contribution in [0, 0.1) is 6.92 Å². The van der Waals surface area contributed by atoms with Crippen LogP contribution in [-0.2, 0) is 5.75 Å². The molecule has 0 amide bonds. The third-order valence-electron chi connectivity index (χ3n) is 4.99. The molecule has 6 heteroatoms. The molecule has 0 atom stereocenters. The van der Waals surface area contributed by atoms with E-state index < -0.39 is 0 Å². The number of nitrogens with zero attached hydrogens (tertiary/aromatic N) is 2. The normalized spacial score (nSPS) is 10.9. The lowest BCUT2D eigenvalue weighted by Crippen LogP contribution is -2.22. The Labute approximate surface area is 179 Å². The second kappa shape index (κ2) is 8.63. The van der Waals surface area contributed by atoms with Crippen LogP contribution in [0.25, 0.3) is 16.6 Å². The summed E-state index contributed by atoms with van der Waals surface area (Å²) < 4.78 is 12.5. The number of aryl methyl sites for hydroxylation is 1. The predicted molar refractivity (Wildman–Crippen MR) is 121 cm³/mol. The molecule has 0 bridgehead atoms. The summed E-state index contributed by atoms with van der Waals surface area (Å²) in [5.41, 5.74) is 3.60. The van der Waals surface area contributed by atoms with Crippen LogP contribution < -0.4 is 15.0 Å². The summed E-state index contributed by atoms with van der Waals surface area (Å²) in [6, 6.07) is 21.0. The quantitative estimate of drug-likeness (QED) is 0.326. The van der Waals surface area contributed by atoms with Crippen molar-refractivity contribution < 1.29 is 9.47 Å². The maximum Gasteiger partial charge on any atom is 0.266 e. The lowest BCUT2D eigenvalue weighted by Gasteiger charge is -2.17. The summed E-state index contributed by atoms with van der Waals surface area (Å²) >= 11 is 1.53. The molecule has 4 rings (SSSR count). The van der Waals surface area contributed by atoms with Gasteiger partial charge in [-0.3, -0.25) is 9.36 Å². The Kier molecular flexibility index (Phi) is 5.77. The Hall–Kier alpha value is -3.25. The van der Waals surface area contributed by atoms with Crippen LogP contribution in [0.1, 0.15) is 11.1 Å². The van der Waals surface area contributed by atoms with E-state index in [1.807, 2.05) is 42.5 Å². The van der Waals surface area contributed by atoms with Crippen LogP contribution >= 0.6 is 11.8 Å². The molecule has 0 spiro atoms. The molecule has 0 aliphatic heterocycles. The zero-order chi connectivity index (χ0) is 21.1. The molecule has 0 unspecified atom stereocenters. The van der Waals surface area contributed by atoms with E-state index in [2.05, 4.69) is 19.1 Å². The number of methoxy groups -OCH3 is 2. The van der Waals surface area contributed by atoms with Gasteiger partial charge in [0.15, 0.2) is 5.16 Å². The molecule has 30 heavy (non-hydrogen) atoms. The van der Waals surface area contributed by atoms with Crippen molar-refractivity contribution in [1.29, 1.82) is 0 Å². The highest BCUT2D eigenvalue weighted by Crippen LogP contribution is 2.31. The minimum Gasteiger partial charge on any atom is -0.497 e. The monoisotopic (exact) mass is 418 g/mol. The standard InChI is InChI=1S/C24H22N2O3S/c1-16-8-4-5-9-17(16)15-30-24-25-20-11-7-6-10-19(20)23(27)26(24)21-13-12-18(28-2)14-22(21)29-3/h4-14H,15H2,1-3H3. The minimum absolute atomic E-state index is 0.128. The van der Waals surface area contributed by atoms with Crippen LogP contribution in [0.2, 0.25) is 0 Å². The van der Waals surface area contributed by atoms with E-state index in [1.165, 1.54) is 22.9 Å². The number of fused-ring (bicyclic) bond motifs is 1. The smallest absolute Gasteiger partial charge is 0.266 e. The molecule has 0 saturated heterocycles. The largest absolute Gasteiger partial charge is 0.497 e. The summed E-state index contributed by atoms with van der Waals surface area (Å²) in [5, 5.41) is 1.18. The summed E-state index contributed by atoms with van der Waals surface area (Å²) in [4.78, 5) is 18.3. The first-order valence-corrected chi connectivity index (χ1v) is 10.5. The van der Waals surface area contributed by atoms with Crippen molar-refractivity contribution in [2.24, 2.45) is 0 Å². The molecule has 4 aromatic rings. The van der Waals surface area contributed by atoms with Gasteiger partial charge in [0.1, 0.15) is 11.5 Å². The molecule has 3 aromatic carbocycles. The summed E-state index contributed by atoms with van der Waals surface area (Å²) in [6.45, 7) is 2.09. The predicted octanol–water partition coefficient (Wildman–Crippen LogP) is 5.00. The molecule has 1 heterocycles. The van der Waals surface area contributed by atoms with Crippen molar-refractivity contribution in [1.82, 2.24) is 9.55 Å². The van der Waals surface area contributed by atoms with Crippen LogP contribution in [0.4, 0.5) is 0 Å². The van der Waals surface area contributed by atoms with Gasteiger partial charge < -0.3 is 9.47 Å².